The van der Waals surface area contributed by atoms with Crippen molar-refractivity contribution in [3.05, 3.63) is 101 Å². The number of nitrogens with one attached hydrogen (secondary N) is 2. The number of benzene rings is 3. The maximum absolute atomic E-state index is 13.0. The van der Waals surface area contributed by atoms with Crippen LogP contribution in [-0.2, 0) is 16.0 Å². The van der Waals surface area contributed by atoms with Crippen LogP contribution in [0.2, 0.25) is 5.02 Å². The molecular formula is C26H27ClN4O3. The molecule has 0 bridgehead atoms. The van der Waals surface area contributed by atoms with Gasteiger partial charge in [0.2, 0.25) is 11.8 Å². The van der Waals surface area contributed by atoms with Gasteiger partial charge in [-0.3, -0.25) is 9.59 Å². The second kappa shape index (κ2) is 12.3. The molecule has 2 amide bonds. The summed E-state index contributed by atoms with van der Waals surface area (Å²) < 4.78 is 5.77. The van der Waals surface area contributed by atoms with Crippen LogP contribution in [0.1, 0.15) is 18.4 Å². The molecule has 176 valence electrons. The number of halogens is 1. The van der Waals surface area contributed by atoms with Crippen molar-refractivity contribution >= 4 is 29.1 Å². The summed E-state index contributed by atoms with van der Waals surface area (Å²) in [5, 5.41) is 6.24. The zero-order chi connectivity index (χ0) is 24.3. The largest absolute Gasteiger partial charge is 0.457 e. The van der Waals surface area contributed by atoms with E-state index in [0.29, 0.717) is 35.1 Å². The van der Waals surface area contributed by atoms with Crippen molar-refractivity contribution in [3.8, 4) is 11.5 Å². The fourth-order valence-electron chi connectivity index (χ4n) is 3.19. The monoisotopic (exact) mass is 478 g/mol. The summed E-state index contributed by atoms with van der Waals surface area (Å²) in [5.41, 5.74) is 12.9. The first-order chi connectivity index (χ1) is 16.4. The maximum Gasteiger partial charge on any atom is 0.246 e. The number of carbonyl (C=O) groups is 2. The summed E-state index contributed by atoms with van der Waals surface area (Å²) in [5.74, 6) is 0.555. The molecule has 3 aromatic rings. The zero-order valence-electron chi connectivity index (χ0n) is 18.5. The summed E-state index contributed by atoms with van der Waals surface area (Å²) in [6, 6.07) is 23.0. The number of anilines is 1. The fraction of sp³-hybridized carbons (Fsp3) is 0.154. The third-order valence-corrected chi connectivity index (χ3v) is 5.22. The Balaban J connectivity index is 1.64. The van der Waals surface area contributed by atoms with Crippen molar-refractivity contribution in [2.45, 2.75) is 25.3 Å². The number of hydrogen-bond acceptors (Lipinski definition) is 5. The number of rotatable bonds is 10. The summed E-state index contributed by atoms with van der Waals surface area (Å²) in [7, 11) is 0. The van der Waals surface area contributed by atoms with E-state index in [1.54, 1.807) is 48.5 Å². The van der Waals surface area contributed by atoms with Crippen LogP contribution in [0.4, 0.5) is 5.69 Å². The molecule has 1 atom stereocenters. The quantitative estimate of drug-likeness (QED) is 0.345. The molecule has 0 aliphatic heterocycles. The minimum absolute atomic E-state index is 0.0810. The molecule has 0 aromatic heterocycles. The van der Waals surface area contributed by atoms with Gasteiger partial charge in [0.25, 0.3) is 0 Å². The summed E-state index contributed by atoms with van der Waals surface area (Å²) >= 11 is 5.89. The Morgan fingerprint density at radius 3 is 2.18 bits per heavy atom. The van der Waals surface area contributed by atoms with Crippen LogP contribution in [0, 0.1) is 0 Å². The van der Waals surface area contributed by atoms with Crippen molar-refractivity contribution in [3.63, 3.8) is 0 Å². The van der Waals surface area contributed by atoms with E-state index in [-0.39, 0.29) is 23.9 Å². The first-order valence-corrected chi connectivity index (χ1v) is 11.1. The minimum Gasteiger partial charge on any atom is -0.457 e. The normalized spacial score (nSPS) is 12.0. The van der Waals surface area contributed by atoms with Crippen LogP contribution < -0.4 is 26.8 Å². The molecule has 0 fully saturated rings. The number of carbonyl (C=O) groups excluding carboxylic acids is 2. The van der Waals surface area contributed by atoms with Gasteiger partial charge in [-0.05, 0) is 66.9 Å². The Morgan fingerprint density at radius 1 is 0.941 bits per heavy atom. The Labute approximate surface area is 203 Å². The maximum atomic E-state index is 13.0. The Hall–Kier alpha value is -3.97. The molecule has 7 nitrogen and oxygen atoms in total. The third-order valence-electron chi connectivity index (χ3n) is 4.97. The van der Waals surface area contributed by atoms with E-state index in [4.69, 9.17) is 27.8 Å². The van der Waals surface area contributed by atoms with Crippen LogP contribution in [0.3, 0.4) is 0 Å². The van der Waals surface area contributed by atoms with Gasteiger partial charge in [-0.2, -0.15) is 0 Å². The topological polar surface area (TPSA) is 119 Å². The number of hydrogen-bond donors (Lipinski definition) is 4. The zero-order valence-corrected chi connectivity index (χ0v) is 19.3. The Bertz CT molecular complexity index is 1120. The molecule has 0 spiro atoms. The molecule has 8 heteroatoms. The first kappa shape index (κ1) is 24.7. The molecule has 0 heterocycles. The van der Waals surface area contributed by atoms with Gasteiger partial charge in [-0.25, -0.2) is 0 Å². The SMILES string of the molecule is N/C=C(\N)CC(=O)N[C@@H](CCc1ccccc1)C(=O)Nc1ccc(Oc2ccc(Cl)cc2)cc1. The lowest BCUT2D eigenvalue weighted by Gasteiger charge is -2.19. The van der Waals surface area contributed by atoms with Crippen molar-refractivity contribution in [1.82, 2.24) is 5.32 Å². The van der Waals surface area contributed by atoms with Gasteiger partial charge in [-0.15, -0.1) is 0 Å². The van der Waals surface area contributed by atoms with Crippen LogP contribution in [0.25, 0.3) is 0 Å². The van der Waals surface area contributed by atoms with Crippen LogP contribution in [0.15, 0.2) is 90.8 Å². The minimum atomic E-state index is -0.747. The molecule has 0 aliphatic carbocycles. The molecule has 0 aliphatic rings. The summed E-state index contributed by atoms with van der Waals surface area (Å²) in [6.07, 6.45) is 2.13. The fourth-order valence-corrected chi connectivity index (χ4v) is 3.31. The standard InChI is InChI=1S/C26H27ClN4O3/c27-19-7-11-22(12-8-19)34-23-13-9-21(10-14-23)30-26(33)24(31-25(32)16-20(29)17-28)15-6-18-4-2-1-3-5-18/h1-5,7-14,17,24H,6,15-16,28-29H2,(H,30,33)(H,31,32)/b20-17-/t24-/m0/s1. The summed E-state index contributed by atoms with van der Waals surface area (Å²) in [6.45, 7) is 0. The van der Waals surface area contributed by atoms with E-state index < -0.39 is 6.04 Å². The molecule has 6 N–H and O–H groups in total. The van der Waals surface area contributed by atoms with Gasteiger partial charge >= 0.3 is 0 Å². The Morgan fingerprint density at radius 2 is 1.56 bits per heavy atom. The highest BCUT2D eigenvalue weighted by atomic mass is 35.5. The molecule has 0 saturated heterocycles. The lowest BCUT2D eigenvalue weighted by atomic mass is 10.0. The van der Waals surface area contributed by atoms with Crippen LogP contribution in [0.5, 0.6) is 11.5 Å². The van der Waals surface area contributed by atoms with E-state index in [0.717, 1.165) is 5.56 Å². The molecule has 0 unspecified atom stereocenters. The summed E-state index contributed by atoms with van der Waals surface area (Å²) in [4.78, 5) is 25.3. The van der Waals surface area contributed by atoms with E-state index in [1.165, 1.54) is 6.20 Å². The van der Waals surface area contributed by atoms with Crippen LogP contribution >= 0.6 is 11.6 Å². The second-order valence-corrected chi connectivity index (χ2v) is 8.07. The molecular weight excluding hydrogens is 452 g/mol. The van der Waals surface area contributed by atoms with Crippen molar-refractivity contribution in [1.29, 1.82) is 0 Å². The van der Waals surface area contributed by atoms with Gasteiger partial charge in [0.05, 0.1) is 6.42 Å². The van der Waals surface area contributed by atoms with E-state index in [9.17, 15) is 9.59 Å². The molecule has 3 aromatic carbocycles. The van der Waals surface area contributed by atoms with Gasteiger partial charge in [0, 0.05) is 22.6 Å². The van der Waals surface area contributed by atoms with E-state index in [1.807, 2.05) is 30.3 Å². The first-order valence-electron chi connectivity index (χ1n) is 10.8. The third kappa shape index (κ3) is 7.86. The predicted octanol–water partition coefficient (Wildman–Crippen LogP) is 4.34. The van der Waals surface area contributed by atoms with Gasteiger partial charge in [-0.1, -0.05) is 41.9 Å². The van der Waals surface area contributed by atoms with Gasteiger partial charge in [0.1, 0.15) is 17.5 Å². The number of aryl methyl sites for hydroxylation is 1. The molecule has 0 radical (unpaired) electrons. The highest BCUT2D eigenvalue weighted by Gasteiger charge is 2.21. The van der Waals surface area contributed by atoms with Gasteiger partial charge in [0.15, 0.2) is 0 Å². The molecule has 0 saturated carbocycles. The highest BCUT2D eigenvalue weighted by molar-refractivity contribution is 6.30. The average Bonchev–Trinajstić information content (AvgIpc) is 2.84. The Kier molecular flexibility index (Phi) is 8.94. The molecule has 3 rings (SSSR count). The van der Waals surface area contributed by atoms with Crippen molar-refractivity contribution in [2.75, 3.05) is 5.32 Å². The van der Waals surface area contributed by atoms with Gasteiger partial charge < -0.3 is 26.8 Å². The lowest BCUT2D eigenvalue weighted by Crippen LogP contribution is -2.44. The number of nitrogens with two attached hydrogens (primary N) is 2. The van der Waals surface area contributed by atoms with E-state index in [2.05, 4.69) is 10.6 Å². The van der Waals surface area contributed by atoms with E-state index >= 15 is 0 Å². The highest BCUT2D eigenvalue weighted by Crippen LogP contribution is 2.24. The predicted molar refractivity (Wildman–Crippen MR) is 134 cm³/mol. The van der Waals surface area contributed by atoms with Crippen molar-refractivity contribution in [2.24, 2.45) is 11.5 Å². The van der Waals surface area contributed by atoms with Crippen LogP contribution in [-0.4, -0.2) is 17.9 Å². The average molecular weight is 479 g/mol. The number of amides is 2. The smallest absolute Gasteiger partial charge is 0.246 e. The molecule has 34 heavy (non-hydrogen) atoms. The number of ether oxygens (including phenoxy) is 1. The lowest BCUT2D eigenvalue weighted by molar-refractivity contribution is -0.126. The second-order valence-electron chi connectivity index (χ2n) is 7.63. The van der Waals surface area contributed by atoms with Crippen molar-refractivity contribution < 1.29 is 14.3 Å².